The van der Waals surface area contributed by atoms with E-state index in [-0.39, 0.29) is 17.9 Å². The molecule has 7 nitrogen and oxygen atoms in total. The molecule has 2 amide bonds. The molecule has 1 atom stereocenters. The van der Waals surface area contributed by atoms with Crippen molar-refractivity contribution in [2.24, 2.45) is 5.92 Å². The molecular weight excluding hydrogens is 382 g/mol. The number of aromatic nitrogens is 1. The number of methoxy groups -OCH3 is 1. The van der Waals surface area contributed by atoms with Crippen LogP contribution in [-0.4, -0.2) is 66.2 Å². The van der Waals surface area contributed by atoms with Gasteiger partial charge in [-0.1, -0.05) is 29.4 Å². The van der Waals surface area contributed by atoms with Gasteiger partial charge in [0.25, 0.3) is 5.91 Å². The maximum atomic E-state index is 12.6. The molecule has 2 aliphatic rings. The third kappa shape index (κ3) is 4.90. The number of carbonyl (C=O) groups is 2. The molecule has 0 bridgehead atoms. The van der Waals surface area contributed by atoms with Gasteiger partial charge in [-0.3, -0.25) is 9.59 Å². The van der Waals surface area contributed by atoms with Crippen LogP contribution in [0.2, 0.25) is 0 Å². The van der Waals surface area contributed by atoms with Crippen molar-refractivity contribution in [1.82, 2.24) is 15.0 Å². The summed E-state index contributed by atoms with van der Waals surface area (Å²) in [5.74, 6) is 0.843. The Balaban J connectivity index is 1.25. The average molecular weight is 412 g/mol. The Hall–Kier alpha value is -2.67. The fraction of sp³-hybridized carbons (Fsp3) is 0.522. The largest absolute Gasteiger partial charge is 0.381 e. The van der Waals surface area contributed by atoms with Crippen LogP contribution in [0.5, 0.6) is 0 Å². The molecule has 160 valence electrons. The summed E-state index contributed by atoms with van der Waals surface area (Å²) in [7, 11) is 1.74. The van der Waals surface area contributed by atoms with Gasteiger partial charge in [0.05, 0.1) is 18.7 Å². The highest BCUT2D eigenvalue weighted by atomic mass is 16.5. The first kappa shape index (κ1) is 20.6. The third-order valence-electron chi connectivity index (χ3n) is 6.25. The fourth-order valence-electron chi connectivity index (χ4n) is 4.42. The number of hydrogen-bond donors (Lipinski definition) is 0. The minimum Gasteiger partial charge on any atom is -0.381 e. The zero-order valence-corrected chi connectivity index (χ0v) is 17.5. The van der Waals surface area contributed by atoms with E-state index in [1.807, 2.05) is 9.80 Å². The lowest BCUT2D eigenvalue weighted by atomic mass is 9.97. The Bertz CT molecular complexity index is 842. The summed E-state index contributed by atoms with van der Waals surface area (Å²) in [5, 5.41) is 3.61. The van der Waals surface area contributed by atoms with Crippen LogP contribution < -0.4 is 0 Å². The highest BCUT2D eigenvalue weighted by molar-refractivity contribution is 5.91. The van der Waals surface area contributed by atoms with Crippen molar-refractivity contribution in [3.63, 3.8) is 0 Å². The lowest BCUT2D eigenvalue weighted by Crippen LogP contribution is -2.41. The van der Waals surface area contributed by atoms with Crippen LogP contribution in [0.1, 0.15) is 40.9 Å². The van der Waals surface area contributed by atoms with Crippen LogP contribution in [0.15, 0.2) is 41.1 Å². The Labute approximate surface area is 177 Å². The highest BCUT2D eigenvalue weighted by Crippen LogP contribution is 2.23. The first-order chi connectivity index (χ1) is 14.6. The molecule has 0 saturated carbocycles. The van der Waals surface area contributed by atoms with Gasteiger partial charge in [0.15, 0.2) is 0 Å². The summed E-state index contributed by atoms with van der Waals surface area (Å²) in [6.45, 7) is 3.04. The smallest absolute Gasteiger partial charge is 0.292 e. The Morgan fingerprint density at radius 3 is 2.40 bits per heavy atom. The molecule has 2 aromatic rings. The van der Waals surface area contributed by atoms with Crippen molar-refractivity contribution >= 4 is 11.8 Å². The van der Waals surface area contributed by atoms with Gasteiger partial charge in [-0.15, -0.1) is 0 Å². The Kier molecular flexibility index (Phi) is 6.47. The second kappa shape index (κ2) is 9.43. The highest BCUT2D eigenvalue weighted by Gasteiger charge is 2.28. The molecule has 0 spiro atoms. The lowest BCUT2D eigenvalue weighted by Gasteiger charge is -2.31. The van der Waals surface area contributed by atoms with E-state index >= 15 is 0 Å². The molecule has 3 heterocycles. The summed E-state index contributed by atoms with van der Waals surface area (Å²) >= 11 is 0. The van der Waals surface area contributed by atoms with E-state index in [1.54, 1.807) is 13.2 Å². The van der Waals surface area contributed by atoms with E-state index in [0.717, 1.165) is 57.4 Å². The van der Waals surface area contributed by atoms with E-state index in [9.17, 15) is 9.59 Å². The SMILES string of the molecule is COC1CCN(C(=O)Cc2ccc(CC3CCN(C(=O)c4ccno4)C3)cc2)CC1. The van der Waals surface area contributed by atoms with Crippen molar-refractivity contribution in [3.8, 4) is 0 Å². The summed E-state index contributed by atoms with van der Waals surface area (Å²) in [6.07, 6.45) is 5.97. The zero-order chi connectivity index (χ0) is 20.9. The summed E-state index contributed by atoms with van der Waals surface area (Å²) in [6, 6.07) is 9.94. The average Bonchev–Trinajstić information content (AvgIpc) is 3.47. The summed E-state index contributed by atoms with van der Waals surface area (Å²) < 4.78 is 10.4. The normalized spacial score (nSPS) is 20.0. The van der Waals surface area contributed by atoms with Gasteiger partial charge >= 0.3 is 0 Å². The minimum absolute atomic E-state index is 0.0848. The molecule has 1 aromatic heterocycles. The standard InChI is InChI=1S/C23H29N3O4/c1-29-20-8-12-25(13-9-20)22(27)15-18-4-2-17(3-5-18)14-19-7-11-26(16-19)23(28)21-6-10-24-30-21/h2-6,10,19-20H,7-9,11-16H2,1H3. The number of benzene rings is 1. The Morgan fingerprint density at radius 1 is 1.03 bits per heavy atom. The molecule has 2 aliphatic heterocycles. The van der Waals surface area contributed by atoms with E-state index in [2.05, 4.69) is 29.4 Å². The first-order valence-corrected chi connectivity index (χ1v) is 10.7. The van der Waals surface area contributed by atoms with Crippen LogP contribution in [0, 0.1) is 5.92 Å². The first-order valence-electron chi connectivity index (χ1n) is 10.7. The second-order valence-electron chi connectivity index (χ2n) is 8.30. The molecule has 0 radical (unpaired) electrons. The van der Waals surface area contributed by atoms with Crippen molar-refractivity contribution in [1.29, 1.82) is 0 Å². The Morgan fingerprint density at radius 2 is 1.73 bits per heavy atom. The fourth-order valence-corrected chi connectivity index (χ4v) is 4.42. The van der Waals surface area contributed by atoms with Gasteiger partial charge in [0.2, 0.25) is 11.7 Å². The van der Waals surface area contributed by atoms with Gasteiger partial charge in [0.1, 0.15) is 0 Å². The molecule has 30 heavy (non-hydrogen) atoms. The maximum Gasteiger partial charge on any atom is 0.292 e. The molecule has 2 fully saturated rings. The number of piperidine rings is 1. The monoisotopic (exact) mass is 411 g/mol. The number of carbonyl (C=O) groups excluding carboxylic acids is 2. The molecule has 0 aliphatic carbocycles. The molecule has 7 heteroatoms. The third-order valence-corrected chi connectivity index (χ3v) is 6.25. The number of likely N-dealkylation sites (tertiary alicyclic amines) is 2. The van der Waals surface area contributed by atoms with Gasteiger partial charge in [-0.05, 0) is 42.7 Å². The zero-order valence-electron chi connectivity index (χ0n) is 17.5. The van der Waals surface area contributed by atoms with Crippen molar-refractivity contribution in [2.45, 2.75) is 38.2 Å². The van der Waals surface area contributed by atoms with Gasteiger partial charge < -0.3 is 19.1 Å². The molecule has 1 aromatic carbocycles. The second-order valence-corrected chi connectivity index (χ2v) is 8.30. The topological polar surface area (TPSA) is 75.9 Å². The van der Waals surface area contributed by atoms with Gasteiger partial charge in [-0.25, -0.2) is 0 Å². The molecule has 4 rings (SSSR count). The molecule has 2 saturated heterocycles. The summed E-state index contributed by atoms with van der Waals surface area (Å²) in [4.78, 5) is 28.7. The van der Waals surface area contributed by atoms with Crippen LogP contribution >= 0.6 is 0 Å². The number of hydrogen-bond acceptors (Lipinski definition) is 5. The molecule has 1 unspecified atom stereocenters. The quantitative estimate of drug-likeness (QED) is 0.730. The summed E-state index contributed by atoms with van der Waals surface area (Å²) in [5.41, 5.74) is 2.29. The number of amides is 2. The van der Waals surface area contributed by atoms with Crippen molar-refractivity contribution in [2.75, 3.05) is 33.3 Å². The van der Waals surface area contributed by atoms with E-state index in [4.69, 9.17) is 9.26 Å². The van der Waals surface area contributed by atoms with Crippen LogP contribution in [0.4, 0.5) is 0 Å². The van der Waals surface area contributed by atoms with E-state index < -0.39 is 0 Å². The minimum atomic E-state index is -0.0848. The van der Waals surface area contributed by atoms with Crippen LogP contribution in [0.25, 0.3) is 0 Å². The van der Waals surface area contributed by atoms with Crippen molar-refractivity contribution in [3.05, 3.63) is 53.4 Å². The molecular formula is C23H29N3O4. The molecule has 0 N–H and O–H groups in total. The van der Waals surface area contributed by atoms with Crippen LogP contribution in [-0.2, 0) is 22.4 Å². The van der Waals surface area contributed by atoms with Crippen molar-refractivity contribution < 1.29 is 18.8 Å². The maximum absolute atomic E-state index is 12.6. The van der Waals surface area contributed by atoms with Crippen LogP contribution in [0.3, 0.4) is 0 Å². The van der Waals surface area contributed by atoms with E-state index in [0.29, 0.717) is 18.1 Å². The number of rotatable bonds is 6. The van der Waals surface area contributed by atoms with Gasteiger partial charge in [-0.2, -0.15) is 0 Å². The predicted molar refractivity (Wildman–Crippen MR) is 111 cm³/mol. The predicted octanol–water partition coefficient (Wildman–Crippen LogP) is 2.56. The number of nitrogens with zero attached hydrogens (tertiary/aromatic N) is 3. The van der Waals surface area contributed by atoms with E-state index in [1.165, 1.54) is 11.8 Å². The van der Waals surface area contributed by atoms with Gasteiger partial charge in [0, 0.05) is 39.4 Å². The lowest BCUT2D eigenvalue weighted by molar-refractivity contribution is -0.132. The number of ether oxygens (including phenoxy) is 1.